The molecule has 0 saturated heterocycles. The molecule has 24 heavy (non-hydrogen) atoms. The fourth-order valence-electron chi connectivity index (χ4n) is 6.81. The number of fused-ring (bicyclic) bond motifs is 4. The third-order valence-electron chi connectivity index (χ3n) is 7.98. The second-order valence-corrected chi connectivity index (χ2v) is 8.77. The van der Waals surface area contributed by atoms with Crippen LogP contribution in [0.4, 0.5) is 0 Å². The van der Waals surface area contributed by atoms with Crippen LogP contribution >= 0.6 is 0 Å². The Hall–Kier alpha value is -0.760. The first-order valence-electron chi connectivity index (χ1n) is 10.3. The van der Waals surface area contributed by atoms with Crippen LogP contribution in [-0.2, 0) is 4.74 Å². The van der Waals surface area contributed by atoms with Gasteiger partial charge in [0.1, 0.15) is 0 Å². The molecule has 2 heteroatoms. The summed E-state index contributed by atoms with van der Waals surface area (Å²) in [5.74, 6) is 3.59. The van der Waals surface area contributed by atoms with Gasteiger partial charge in [0.05, 0.1) is 19.0 Å². The standard InChI is InChI=1S/C22H34O2/c1-3-4-12-22-13-11-18-17-8-6-16(24-2)14-15(17)5-7-19(18)20(22)9-10-21(22)23/h6,18-21,23H,3-5,7-14H2,1-2H3/t18-,19-,20+,21+,22+/m1/s1. The van der Waals surface area contributed by atoms with Crippen LogP contribution in [-0.4, -0.2) is 18.3 Å². The third kappa shape index (κ3) is 2.48. The topological polar surface area (TPSA) is 29.5 Å². The fraction of sp³-hybridized carbons (Fsp3) is 0.818. The number of unbranched alkanes of at least 4 members (excludes halogenated alkanes) is 1. The summed E-state index contributed by atoms with van der Waals surface area (Å²) < 4.78 is 5.51. The molecule has 2 nitrogen and oxygen atoms in total. The Morgan fingerprint density at radius 3 is 2.92 bits per heavy atom. The summed E-state index contributed by atoms with van der Waals surface area (Å²) in [6.07, 6.45) is 15.8. The van der Waals surface area contributed by atoms with E-state index in [1.165, 1.54) is 57.1 Å². The molecule has 134 valence electrons. The maximum atomic E-state index is 10.9. The summed E-state index contributed by atoms with van der Waals surface area (Å²) in [6, 6.07) is 0. The maximum absolute atomic E-state index is 10.9. The van der Waals surface area contributed by atoms with Crippen LogP contribution in [0, 0.1) is 23.2 Å². The second kappa shape index (κ2) is 6.52. The molecule has 0 aromatic rings. The summed E-state index contributed by atoms with van der Waals surface area (Å²) in [5.41, 5.74) is 3.71. The van der Waals surface area contributed by atoms with E-state index in [9.17, 15) is 5.11 Å². The van der Waals surface area contributed by atoms with Gasteiger partial charge >= 0.3 is 0 Å². The van der Waals surface area contributed by atoms with Crippen LogP contribution in [0.2, 0.25) is 0 Å². The number of allylic oxidation sites excluding steroid dienone is 3. The van der Waals surface area contributed by atoms with E-state index in [1.54, 1.807) is 11.1 Å². The lowest BCUT2D eigenvalue weighted by Gasteiger charge is -2.52. The molecule has 0 radical (unpaired) electrons. The van der Waals surface area contributed by atoms with Crippen molar-refractivity contribution in [2.45, 2.75) is 83.7 Å². The summed E-state index contributed by atoms with van der Waals surface area (Å²) in [5, 5.41) is 10.9. The fourth-order valence-corrected chi connectivity index (χ4v) is 6.81. The Morgan fingerprint density at radius 1 is 1.25 bits per heavy atom. The van der Waals surface area contributed by atoms with E-state index in [-0.39, 0.29) is 11.5 Å². The van der Waals surface area contributed by atoms with Gasteiger partial charge in [-0.3, -0.25) is 0 Å². The maximum Gasteiger partial charge on any atom is 0.0959 e. The van der Waals surface area contributed by atoms with Crippen LogP contribution in [0.15, 0.2) is 23.0 Å². The van der Waals surface area contributed by atoms with Crippen molar-refractivity contribution in [2.24, 2.45) is 23.2 Å². The normalized spacial score (nSPS) is 41.4. The molecule has 0 spiro atoms. The summed E-state index contributed by atoms with van der Waals surface area (Å²) in [4.78, 5) is 0. The molecule has 0 aromatic heterocycles. The smallest absolute Gasteiger partial charge is 0.0959 e. The highest BCUT2D eigenvalue weighted by molar-refractivity contribution is 5.32. The van der Waals surface area contributed by atoms with Crippen LogP contribution in [0.3, 0.4) is 0 Å². The highest BCUT2D eigenvalue weighted by atomic mass is 16.5. The first-order valence-corrected chi connectivity index (χ1v) is 10.3. The zero-order valence-corrected chi connectivity index (χ0v) is 15.5. The number of hydrogen-bond acceptors (Lipinski definition) is 2. The summed E-state index contributed by atoms with van der Waals surface area (Å²) >= 11 is 0. The molecule has 0 aromatic carbocycles. The highest BCUT2D eigenvalue weighted by Gasteiger charge is 2.56. The van der Waals surface area contributed by atoms with Gasteiger partial charge in [-0.25, -0.2) is 0 Å². The van der Waals surface area contributed by atoms with Crippen LogP contribution < -0.4 is 0 Å². The van der Waals surface area contributed by atoms with E-state index in [0.29, 0.717) is 0 Å². The van der Waals surface area contributed by atoms with Crippen molar-refractivity contribution in [3.05, 3.63) is 23.0 Å². The molecular formula is C22H34O2. The molecule has 5 atom stereocenters. The minimum absolute atomic E-state index is 0.0308. The third-order valence-corrected chi connectivity index (χ3v) is 7.98. The lowest BCUT2D eigenvalue weighted by atomic mass is 9.53. The van der Waals surface area contributed by atoms with Gasteiger partial charge in [-0.15, -0.1) is 0 Å². The van der Waals surface area contributed by atoms with Crippen molar-refractivity contribution >= 4 is 0 Å². The van der Waals surface area contributed by atoms with Crippen molar-refractivity contribution in [2.75, 3.05) is 7.11 Å². The van der Waals surface area contributed by atoms with Gasteiger partial charge in [-0.1, -0.05) is 30.9 Å². The Morgan fingerprint density at radius 2 is 2.12 bits per heavy atom. The molecule has 4 aliphatic rings. The first-order chi connectivity index (χ1) is 11.7. The average Bonchev–Trinajstić information content (AvgIpc) is 2.96. The molecule has 0 heterocycles. The Kier molecular flexibility index (Phi) is 4.53. The highest BCUT2D eigenvalue weighted by Crippen LogP contribution is 2.62. The van der Waals surface area contributed by atoms with Gasteiger partial charge < -0.3 is 9.84 Å². The monoisotopic (exact) mass is 330 g/mol. The molecule has 0 unspecified atom stereocenters. The van der Waals surface area contributed by atoms with Crippen LogP contribution in [0.5, 0.6) is 0 Å². The molecule has 0 amide bonds. The molecule has 2 fully saturated rings. The zero-order chi connectivity index (χ0) is 16.7. The molecule has 0 bridgehead atoms. The number of hydrogen-bond donors (Lipinski definition) is 1. The first kappa shape index (κ1) is 16.7. The molecule has 0 aliphatic heterocycles. The zero-order valence-electron chi connectivity index (χ0n) is 15.5. The van der Waals surface area contributed by atoms with Crippen LogP contribution in [0.1, 0.15) is 77.6 Å². The Balaban J connectivity index is 1.58. The van der Waals surface area contributed by atoms with Crippen molar-refractivity contribution in [1.29, 1.82) is 0 Å². The number of aliphatic hydroxyl groups is 1. The molecule has 2 saturated carbocycles. The summed E-state index contributed by atoms with van der Waals surface area (Å²) in [7, 11) is 1.81. The number of ether oxygens (including phenoxy) is 1. The minimum Gasteiger partial charge on any atom is -0.501 e. The second-order valence-electron chi connectivity index (χ2n) is 8.77. The van der Waals surface area contributed by atoms with E-state index in [1.807, 2.05) is 7.11 Å². The predicted octanol–water partition coefficient (Wildman–Crippen LogP) is 5.37. The molecule has 4 rings (SSSR count). The largest absolute Gasteiger partial charge is 0.501 e. The molecule has 1 N–H and O–H groups in total. The number of aliphatic hydroxyl groups excluding tert-OH is 1. The number of rotatable bonds is 4. The van der Waals surface area contributed by atoms with E-state index in [4.69, 9.17) is 4.74 Å². The lowest BCUT2D eigenvalue weighted by Crippen LogP contribution is -2.46. The van der Waals surface area contributed by atoms with E-state index < -0.39 is 0 Å². The minimum atomic E-state index is -0.0308. The average molecular weight is 331 g/mol. The molecular weight excluding hydrogens is 296 g/mol. The van der Waals surface area contributed by atoms with E-state index in [2.05, 4.69) is 13.0 Å². The van der Waals surface area contributed by atoms with Crippen LogP contribution in [0.25, 0.3) is 0 Å². The van der Waals surface area contributed by atoms with Crippen molar-refractivity contribution in [3.8, 4) is 0 Å². The summed E-state index contributed by atoms with van der Waals surface area (Å²) in [6.45, 7) is 2.29. The van der Waals surface area contributed by atoms with Gasteiger partial charge in [0.2, 0.25) is 0 Å². The van der Waals surface area contributed by atoms with E-state index >= 15 is 0 Å². The van der Waals surface area contributed by atoms with Crippen molar-refractivity contribution < 1.29 is 9.84 Å². The quantitative estimate of drug-likeness (QED) is 0.702. The van der Waals surface area contributed by atoms with E-state index in [0.717, 1.165) is 37.0 Å². The lowest BCUT2D eigenvalue weighted by molar-refractivity contribution is -0.0518. The van der Waals surface area contributed by atoms with Gasteiger partial charge in [0.15, 0.2) is 0 Å². The van der Waals surface area contributed by atoms with Crippen molar-refractivity contribution in [1.82, 2.24) is 0 Å². The van der Waals surface area contributed by atoms with Gasteiger partial charge in [-0.2, -0.15) is 0 Å². The molecule has 4 aliphatic carbocycles. The Bertz CT molecular complexity index is 546. The SMILES string of the molecule is CCCC[C@]12CC[C@@H]3C4=C(CC[C@H]3[C@@H]1CC[C@@H]2O)CC(OC)=CC4. The van der Waals surface area contributed by atoms with Crippen molar-refractivity contribution in [3.63, 3.8) is 0 Å². The van der Waals surface area contributed by atoms with Gasteiger partial charge in [0.25, 0.3) is 0 Å². The predicted molar refractivity (Wildman–Crippen MR) is 97.5 cm³/mol. The van der Waals surface area contributed by atoms with Gasteiger partial charge in [-0.05, 0) is 80.6 Å². The number of methoxy groups -OCH3 is 1. The Labute approximate surface area is 147 Å². The van der Waals surface area contributed by atoms with Gasteiger partial charge in [0, 0.05) is 6.42 Å².